The maximum Gasteiger partial charge on any atom is 0.305 e. The Balaban J connectivity index is 1.96. The molecule has 1 amide bonds. The fourth-order valence-electron chi connectivity index (χ4n) is 3.06. The molecule has 126 valence electrons. The second kappa shape index (κ2) is 6.43. The summed E-state index contributed by atoms with van der Waals surface area (Å²) in [6.07, 6.45) is 2.18. The van der Waals surface area contributed by atoms with E-state index in [-0.39, 0.29) is 24.5 Å². The van der Waals surface area contributed by atoms with Gasteiger partial charge in [-0.1, -0.05) is 12.1 Å². The summed E-state index contributed by atoms with van der Waals surface area (Å²) in [5.41, 5.74) is 3.04. The largest absolute Gasteiger partial charge is 0.481 e. The molecule has 0 saturated heterocycles. The molecular formula is C17H18FN3O3. The van der Waals surface area contributed by atoms with Crippen molar-refractivity contribution in [1.29, 1.82) is 0 Å². The number of amides is 1. The highest BCUT2D eigenvalue weighted by molar-refractivity contribution is 5.94. The Bertz CT molecular complexity index is 793. The van der Waals surface area contributed by atoms with Crippen molar-refractivity contribution in [3.8, 4) is 5.69 Å². The summed E-state index contributed by atoms with van der Waals surface area (Å²) in [6, 6.07) is 4.81. The van der Waals surface area contributed by atoms with Crippen LogP contribution in [0.1, 0.15) is 40.2 Å². The number of aromatic nitrogens is 2. The number of aliphatic carboxylic acids is 1. The van der Waals surface area contributed by atoms with Gasteiger partial charge in [0.25, 0.3) is 5.91 Å². The lowest BCUT2D eigenvalue weighted by Crippen LogP contribution is -2.27. The number of hydrogen-bond acceptors (Lipinski definition) is 3. The average molecular weight is 331 g/mol. The van der Waals surface area contributed by atoms with Crippen LogP contribution in [0.25, 0.3) is 5.69 Å². The summed E-state index contributed by atoms with van der Waals surface area (Å²) < 4.78 is 15.8. The van der Waals surface area contributed by atoms with Gasteiger partial charge in [-0.15, -0.1) is 0 Å². The molecule has 0 aliphatic heterocycles. The van der Waals surface area contributed by atoms with Gasteiger partial charge in [0.15, 0.2) is 5.69 Å². The van der Waals surface area contributed by atoms with Crippen molar-refractivity contribution in [2.45, 2.75) is 32.6 Å². The number of benzene rings is 1. The van der Waals surface area contributed by atoms with E-state index < -0.39 is 11.9 Å². The van der Waals surface area contributed by atoms with Crippen molar-refractivity contribution in [3.63, 3.8) is 0 Å². The van der Waals surface area contributed by atoms with Gasteiger partial charge in [0.2, 0.25) is 0 Å². The third-order valence-corrected chi connectivity index (χ3v) is 4.17. The number of aryl methyl sites for hydroxylation is 1. The smallest absolute Gasteiger partial charge is 0.305 e. The van der Waals surface area contributed by atoms with Gasteiger partial charge < -0.3 is 10.4 Å². The third kappa shape index (κ3) is 2.89. The van der Waals surface area contributed by atoms with Crippen LogP contribution < -0.4 is 5.32 Å². The van der Waals surface area contributed by atoms with Gasteiger partial charge in [0.1, 0.15) is 11.5 Å². The molecule has 0 spiro atoms. The number of halogens is 1. The first-order valence-corrected chi connectivity index (χ1v) is 7.85. The molecule has 1 aromatic heterocycles. The van der Waals surface area contributed by atoms with Crippen LogP contribution in [-0.2, 0) is 17.6 Å². The molecule has 6 nitrogen and oxygen atoms in total. The molecule has 1 aromatic carbocycles. The molecule has 1 aliphatic rings. The number of carbonyl (C=O) groups is 2. The minimum Gasteiger partial charge on any atom is -0.481 e. The number of rotatable bonds is 5. The predicted octanol–water partition coefficient (Wildman–Crippen LogP) is 2.01. The first-order valence-electron chi connectivity index (χ1n) is 7.85. The molecular weight excluding hydrogens is 313 g/mol. The van der Waals surface area contributed by atoms with Crippen LogP contribution in [0.3, 0.4) is 0 Å². The van der Waals surface area contributed by atoms with Crippen LogP contribution in [0, 0.1) is 12.7 Å². The Morgan fingerprint density at radius 2 is 2.17 bits per heavy atom. The maximum absolute atomic E-state index is 14.3. The first kappa shape index (κ1) is 16.2. The molecule has 0 unspecified atom stereocenters. The number of nitrogens with one attached hydrogen (secondary N) is 1. The van der Waals surface area contributed by atoms with Gasteiger partial charge >= 0.3 is 5.97 Å². The highest BCUT2D eigenvalue weighted by Crippen LogP contribution is 2.29. The van der Waals surface area contributed by atoms with Crippen molar-refractivity contribution in [2.75, 3.05) is 6.54 Å². The van der Waals surface area contributed by atoms with Crippen LogP contribution >= 0.6 is 0 Å². The summed E-state index contributed by atoms with van der Waals surface area (Å²) in [4.78, 5) is 22.9. The SMILES string of the molecule is Cc1cccc(F)c1-n1nc(C(=O)NCCC(=O)O)c2c1CCC2. The van der Waals surface area contributed by atoms with Crippen molar-refractivity contribution in [1.82, 2.24) is 15.1 Å². The summed E-state index contributed by atoms with van der Waals surface area (Å²) in [6.45, 7) is 1.84. The Hall–Kier alpha value is -2.70. The minimum absolute atomic E-state index is 0.0362. The molecule has 2 N–H and O–H groups in total. The second-order valence-electron chi connectivity index (χ2n) is 5.84. The number of para-hydroxylation sites is 1. The highest BCUT2D eigenvalue weighted by Gasteiger charge is 2.28. The number of hydrogen-bond donors (Lipinski definition) is 2. The molecule has 24 heavy (non-hydrogen) atoms. The van der Waals surface area contributed by atoms with Crippen LogP contribution in [0.4, 0.5) is 4.39 Å². The molecule has 1 aliphatic carbocycles. The van der Waals surface area contributed by atoms with Crippen LogP contribution in [0.2, 0.25) is 0 Å². The van der Waals surface area contributed by atoms with Gasteiger partial charge in [-0.05, 0) is 37.8 Å². The van der Waals surface area contributed by atoms with E-state index >= 15 is 0 Å². The summed E-state index contributed by atoms with van der Waals surface area (Å²) in [5.74, 6) is -1.78. The molecule has 0 saturated carbocycles. The summed E-state index contributed by atoms with van der Waals surface area (Å²) in [7, 11) is 0. The van der Waals surface area contributed by atoms with Crippen molar-refractivity contribution >= 4 is 11.9 Å². The highest BCUT2D eigenvalue weighted by atomic mass is 19.1. The molecule has 0 bridgehead atoms. The lowest BCUT2D eigenvalue weighted by atomic mass is 10.1. The van der Waals surface area contributed by atoms with Gasteiger partial charge in [-0.2, -0.15) is 5.10 Å². The number of fused-ring (bicyclic) bond motifs is 1. The fraction of sp³-hybridized carbons (Fsp3) is 0.353. The summed E-state index contributed by atoms with van der Waals surface area (Å²) in [5, 5.41) is 15.6. The number of nitrogens with zero attached hydrogens (tertiary/aromatic N) is 2. The van der Waals surface area contributed by atoms with Gasteiger partial charge in [0, 0.05) is 17.8 Å². The van der Waals surface area contributed by atoms with Gasteiger partial charge in [-0.3, -0.25) is 9.59 Å². The molecule has 7 heteroatoms. The topological polar surface area (TPSA) is 84.2 Å². The molecule has 0 fully saturated rings. The van der Waals surface area contributed by atoms with E-state index in [2.05, 4.69) is 10.4 Å². The summed E-state index contributed by atoms with van der Waals surface area (Å²) >= 11 is 0. The maximum atomic E-state index is 14.3. The standard InChI is InChI=1S/C17H18FN3O3/c1-10-4-2-6-12(18)16(10)21-13-7-3-5-11(13)15(20-21)17(24)19-9-8-14(22)23/h2,4,6H,3,5,7-9H2,1H3,(H,19,24)(H,22,23). The molecule has 3 rings (SSSR count). The van der Waals surface area contributed by atoms with Crippen LogP contribution in [0.15, 0.2) is 18.2 Å². The van der Waals surface area contributed by atoms with Crippen LogP contribution in [-0.4, -0.2) is 33.3 Å². The molecule has 0 radical (unpaired) electrons. The zero-order valence-electron chi connectivity index (χ0n) is 13.3. The lowest BCUT2D eigenvalue weighted by Gasteiger charge is -2.10. The monoisotopic (exact) mass is 331 g/mol. The van der Waals surface area contributed by atoms with E-state index in [0.29, 0.717) is 12.1 Å². The van der Waals surface area contributed by atoms with E-state index in [1.807, 2.05) is 0 Å². The number of carbonyl (C=O) groups excluding carboxylic acids is 1. The Morgan fingerprint density at radius 3 is 2.88 bits per heavy atom. The first-order chi connectivity index (χ1) is 11.5. The molecule has 0 atom stereocenters. The van der Waals surface area contributed by atoms with E-state index in [1.54, 1.807) is 19.1 Å². The number of carboxylic acid groups (broad SMARTS) is 1. The van der Waals surface area contributed by atoms with Gasteiger partial charge in [0.05, 0.1) is 6.42 Å². The van der Waals surface area contributed by atoms with Gasteiger partial charge in [-0.25, -0.2) is 9.07 Å². The second-order valence-corrected chi connectivity index (χ2v) is 5.84. The average Bonchev–Trinajstić information content (AvgIpc) is 3.10. The van der Waals surface area contributed by atoms with Crippen molar-refractivity contribution < 1.29 is 19.1 Å². The predicted molar refractivity (Wildman–Crippen MR) is 84.9 cm³/mol. The van der Waals surface area contributed by atoms with Crippen LogP contribution in [0.5, 0.6) is 0 Å². The lowest BCUT2D eigenvalue weighted by molar-refractivity contribution is -0.136. The Labute approximate surface area is 138 Å². The fourth-order valence-corrected chi connectivity index (χ4v) is 3.06. The number of carboxylic acids is 1. The quantitative estimate of drug-likeness (QED) is 0.878. The van der Waals surface area contributed by atoms with E-state index in [4.69, 9.17) is 5.11 Å². The molecule has 2 aromatic rings. The zero-order valence-corrected chi connectivity index (χ0v) is 13.3. The minimum atomic E-state index is -0.979. The molecule has 1 heterocycles. The van der Waals surface area contributed by atoms with E-state index in [1.165, 1.54) is 10.7 Å². The Morgan fingerprint density at radius 1 is 1.38 bits per heavy atom. The van der Waals surface area contributed by atoms with E-state index in [0.717, 1.165) is 29.7 Å². The zero-order chi connectivity index (χ0) is 17.3. The Kier molecular flexibility index (Phi) is 4.33. The van der Waals surface area contributed by atoms with Crippen molar-refractivity contribution in [2.24, 2.45) is 0 Å². The van der Waals surface area contributed by atoms with E-state index in [9.17, 15) is 14.0 Å². The van der Waals surface area contributed by atoms with Crippen molar-refractivity contribution in [3.05, 3.63) is 46.5 Å². The normalized spacial score (nSPS) is 12.9. The third-order valence-electron chi connectivity index (χ3n) is 4.17.